The van der Waals surface area contributed by atoms with E-state index < -0.39 is 8.24 Å². The molecule has 2 nitrogen and oxygen atoms in total. The molecule has 2 rings (SSSR count). The maximum Gasteiger partial charge on any atom is 0.219 e. The number of hydrogen-bond donors (Lipinski definition) is 0. The van der Waals surface area contributed by atoms with Gasteiger partial charge in [-0.15, -0.1) is 0 Å². The fourth-order valence-corrected chi connectivity index (χ4v) is 5.49. The van der Waals surface area contributed by atoms with Crippen molar-refractivity contribution in [1.82, 2.24) is 4.57 Å². The van der Waals surface area contributed by atoms with Gasteiger partial charge in [0.25, 0.3) is 0 Å². The van der Waals surface area contributed by atoms with Crippen LogP contribution < -0.4 is 0 Å². The zero-order chi connectivity index (χ0) is 15.1. The molecule has 0 N–H and O–H groups in total. The predicted octanol–water partition coefficient (Wildman–Crippen LogP) is 4.08. The van der Waals surface area contributed by atoms with Crippen molar-refractivity contribution < 1.29 is 4.79 Å². The fourth-order valence-electron chi connectivity index (χ4n) is 2.86. The van der Waals surface area contributed by atoms with E-state index >= 15 is 0 Å². The number of hydrogen-bond acceptors (Lipinski definition) is 1. The first kappa shape index (κ1) is 15.3. The van der Waals surface area contributed by atoms with Gasteiger partial charge in [0.05, 0.1) is 5.92 Å². The van der Waals surface area contributed by atoms with E-state index in [-0.39, 0.29) is 11.0 Å². The molecular weight excluding hydrogens is 262 g/mol. The molecule has 0 unspecified atom stereocenters. The Labute approximate surface area is 124 Å². The van der Waals surface area contributed by atoms with Crippen LogP contribution in [0.25, 0.3) is 0 Å². The molecule has 0 saturated carbocycles. The summed E-state index contributed by atoms with van der Waals surface area (Å²) >= 11 is 0. The van der Waals surface area contributed by atoms with Gasteiger partial charge in [-0.05, 0) is 17.0 Å². The average Bonchev–Trinajstić information content (AvgIpc) is 2.37. The zero-order valence-electron chi connectivity index (χ0n) is 13.6. The van der Waals surface area contributed by atoms with Gasteiger partial charge in [-0.3, -0.25) is 4.79 Å². The fraction of sp³-hybridized carbons (Fsp3) is 0.588. The van der Waals surface area contributed by atoms with Crippen LogP contribution in [0.2, 0.25) is 18.1 Å². The summed E-state index contributed by atoms with van der Waals surface area (Å²) in [6.45, 7) is 13.6. The number of benzene rings is 1. The summed E-state index contributed by atoms with van der Waals surface area (Å²) in [6.07, 6.45) is 0.986. The highest BCUT2D eigenvalue weighted by atomic mass is 28.3. The third-order valence-corrected chi connectivity index (χ3v) is 10.7. The molecule has 1 aliphatic heterocycles. The minimum absolute atomic E-state index is 0.171. The standard InChI is InChI=1S/C17H27NOSi/c1-13-15(12-14-10-8-7-9-11-14)18(16(13)19)20(5,6)17(2,3)4/h7-11,13,15H,12H2,1-6H3/t13-,15+/m1/s1. The highest BCUT2D eigenvalue weighted by Crippen LogP contribution is 2.45. The second-order valence-corrected chi connectivity index (χ2v) is 12.7. The Kier molecular flexibility index (Phi) is 3.85. The van der Waals surface area contributed by atoms with Crippen LogP contribution in [0.15, 0.2) is 30.3 Å². The number of rotatable bonds is 3. The summed E-state index contributed by atoms with van der Waals surface area (Å²) < 4.78 is 2.25. The Balaban J connectivity index is 2.22. The van der Waals surface area contributed by atoms with E-state index in [0.717, 1.165) is 6.42 Å². The molecule has 1 aromatic carbocycles. The lowest BCUT2D eigenvalue weighted by Crippen LogP contribution is -2.72. The Morgan fingerprint density at radius 2 is 1.70 bits per heavy atom. The lowest BCUT2D eigenvalue weighted by Gasteiger charge is -2.58. The van der Waals surface area contributed by atoms with Crippen LogP contribution in [0.4, 0.5) is 0 Å². The van der Waals surface area contributed by atoms with Crippen molar-refractivity contribution in [3.05, 3.63) is 35.9 Å². The summed E-state index contributed by atoms with van der Waals surface area (Å²) in [6, 6.07) is 10.9. The van der Waals surface area contributed by atoms with Crippen LogP contribution in [0.1, 0.15) is 33.3 Å². The molecule has 1 aliphatic rings. The van der Waals surface area contributed by atoms with E-state index in [2.05, 4.69) is 69.6 Å². The maximum absolute atomic E-state index is 12.4. The van der Waals surface area contributed by atoms with Gasteiger partial charge in [0.15, 0.2) is 8.24 Å². The third kappa shape index (κ3) is 2.44. The summed E-state index contributed by atoms with van der Waals surface area (Å²) in [5.74, 6) is 0.529. The first-order valence-corrected chi connectivity index (χ1v) is 10.5. The van der Waals surface area contributed by atoms with Gasteiger partial charge in [0.1, 0.15) is 0 Å². The van der Waals surface area contributed by atoms with Crippen LogP contribution >= 0.6 is 0 Å². The minimum atomic E-state index is -1.76. The van der Waals surface area contributed by atoms with E-state index in [4.69, 9.17) is 0 Å². The molecule has 0 aromatic heterocycles. The molecule has 1 amide bonds. The average molecular weight is 289 g/mol. The monoisotopic (exact) mass is 289 g/mol. The predicted molar refractivity (Wildman–Crippen MR) is 87.1 cm³/mol. The highest BCUT2D eigenvalue weighted by Gasteiger charge is 2.55. The van der Waals surface area contributed by atoms with E-state index in [1.54, 1.807) is 0 Å². The lowest BCUT2D eigenvalue weighted by atomic mass is 9.87. The van der Waals surface area contributed by atoms with Crippen molar-refractivity contribution >= 4 is 14.1 Å². The highest BCUT2D eigenvalue weighted by molar-refractivity contribution is 6.80. The van der Waals surface area contributed by atoms with Gasteiger partial charge >= 0.3 is 0 Å². The summed E-state index contributed by atoms with van der Waals surface area (Å²) in [4.78, 5) is 12.4. The van der Waals surface area contributed by atoms with Crippen LogP contribution in [-0.2, 0) is 11.2 Å². The van der Waals surface area contributed by atoms with Gasteiger partial charge in [-0.25, -0.2) is 0 Å². The molecule has 2 atom stereocenters. The maximum atomic E-state index is 12.4. The van der Waals surface area contributed by atoms with Crippen LogP contribution in [0.5, 0.6) is 0 Å². The van der Waals surface area contributed by atoms with Crippen molar-refractivity contribution in [1.29, 1.82) is 0 Å². The van der Waals surface area contributed by atoms with Gasteiger partial charge in [-0.1, -0.05) is 71.1 Å². The molecule has 110 valence electrons. The van der Waals surface area contributed by atoms with Crippen molar-refractivity contribution in [2.24, 2.45) is 5.92 Å². The van der Waals surface area contributed by atoms with Crippen molar-refractivity contribution in [3.63, 3.8) is 0 Å². The second kappa shape index (κ2) is 5.03. The minimum Gasteiger partial charge on any atom is -0.365 e. The molecule has 0 spiro atoms. The Bertz CT molecular complexity index is 489. The third-order valence-electron chi connectivity index (χ3n) is 5.26. The molecule has 1 saturated heterocycles. The van der Waals surface area contributed by atoms with E-state index in [1.807, 2.05) is 6.07 Å². The number of amides is 1. The smallest absolute Gasteiger partial charge is 0.219 e. The van der Waals surface area contributed by atoms with Gasteiger partial charge in [0.2, 0.25) is 5.91 Å². The Hall–Kier alpha value is -1.09. The quantitative estimate of drug-likeness (QED) is 0.606. The number of carbonyl (C=O) groups is 1. The molecule has 0 radical (unpaired) electrons. The molecule has 0 aliphatic carbocycles. The summed E-state index contributed by atoms with van der Waals surface area (Å²) in [7, 11) is -1.76. The number of carbonyl (C=O) groups excluding carboxylic acids is 1. The Morgan fingerprint density at radius 3 is 2.20 bits per heavy atom. The van der Waals surface area contributed by atoms with Gasteiger partial charge in [-0.2, -0.15) is 0 Å². The largest absolute Gasteiger partial charge is 0.365 e. The van der Waals surface area contributed by atoms with Gasteiger partial charge < -0.3 is 4.57 Å². The molecule has 1 fully saturated rings. The molecule has 3 heteroatoms. The normalized spacial score (nSPS) is 23.7. The molecule has 20 heavy (non-hydrogen) atoms. The van der Waals surface area contributed by atoms with Crippen LogP contribution in [-0.4, -0.2) is 24.7 Å². The Morgan fingerprint density at radius 1 is 1.15 bits per heavy atom. The first-order chi connectivity index (χ1) is 9.16. The van der Waals surface area contributed by atoms with Crippen molar-refractivity contribution in [3.8, 4) is 0 Å². The second-order valence-electron chi connectivity index (χ2n) is 7.56. The van der Waals surface area contributed by atoms with Gasteiger partial charge in [0, 0.05) is 6.04 Å². The molecular formula is C17H27NOSi. The summed E-state index contributed by atoms with van der Waals surface area (Å²) in [5, 5.41) is 0.206. The zero-order valence-corrected chi connectivity index (χ0v) is 14.6. The van der Waals surface area contributed by atoms with E-state index in [1.165, 1.54) is 5.56 Å². The molecule has 1 aromatic rings. The molecule has 1 heterocycles. The topological polar surface area (TPSA) is 20.3 Å². The number of nitrogens with zero attached hydrogens (tertiary/aromatic N) is 1. The number of β-lactam (4-membered cyclic amide) rings is 1. The van der Waals surface area contributed by atoms with Crippen molar-refractivity contribution in [2.45, 2.75) is 58.3 Å². The van der Waals surface area contributed by atoms with Crippen LogP contribution in [0, 0.1) is 5.92 Å². The lowest BCUT2D eigenvalue weighted by molar-refractivity contribution is -0.146. The molecule has 0 bridgehead atoms. The first-order valence-electron chi connectivity index (χ1n) is 7.53. The van der Waals surface area contributed by atoms with Crippen molar-refractivity contribution in [2.75, 3.05) is 0 Å². The van der Waals surface area contributed by atoms with Crippen LogP contribution in [0.3, 0.4) is 0 Å². The SMILES string of the molecule is C[C@H]1C(=O)N([Si](C)(C)C(C)(C)C)[C@H]1Cc1ccccc1. The van der Waals surface area contributed by atoms with E-state index in [9.17, 15) is 4.79 Å². The van der Waals surface area contributed by atoms with E-state index in [0.29, 0.717) is 11.9 Å². The summed E-state index contributed by atoms with van der Waals surface area (Å²) in [5.41, 5.74) is 1.33.